The van der Waals surface area contributed by atoms with Gasteiger partial charge in [-0.1, -0.05) is 80.1 Å². The molecule has 0 amide bonds. The fourth-order valence-corrected chi connectivity index (χ4v) is 7.60. The van der Waals surface area contributed by atoms with Crippen LogP contribution in [0.1, 0.15) is 54.0 Å². The van der Waals surface area contributed by atoms with Crippen molar-refractivity contribution in [2.24, 2.45) is 0 Å². The minimum Gasteiger partial charge on any atom is -0.368 e. The van der Waals surface area contributed by atoms with Crippen LogP contribution < -0.4 is 9.80 Å². The van der Waals surface area contributed by atoms with E-state index in [1.807, 2.05) is 0 Å². The van der Waals surface area contributed by atoms with Crippen LogP contribution in [0.15, 0.2) is 85.2 Å². The maximum Gasteiger partial charge on any atom is 0.0556 e. The van der Waals surface area contributed by atoms with Gasteiger partial charge in [-0.05, 0) is 94.0 Å². The highest BCUT2D eigenvalue weighted by molar-refractivity contribution is 6.09. The third-order valence-corrected chi connectivity index (χ3v) is 9.47. The second kappa shape index (κ2) is 9.66. The third kappa shape index (κ3) is 4.33. The van der Waals surface area contributed by atoms with Gasteiger partial charge in [-0.25, -0.2) is 0 Å². The van der Waals surface area contributed by atoms with Crippen molar-refractivity contribution in [3.63, 3.8) is 0 Å². The Bertz CT molecular complexity index is 1730. The molecule has 1 aliphatic carbocycles. The molecule has 2 heterocycles. The molecule has 0 radical (unpaired) electrons. The van der Waals surface area contributed by atoms with Gasteiger partial charge in [0.05, 0.1) is 11.9 Å². The Hall–Kier alpha value is -3.85. The number of hydrogen-bond donors (Lipinski definition) is 0. The number of nitrogens with zero attached hydrogens (tertiary/aromatic N) is 3. The van der Waals surface area contributed by atoms with E-state index in [4.69, 9.17) is 4.98 Å². The second-order valence-electron chi connectivity index (χ2n) is 12.7. The van der Waals surface area contributed by atoms with Crippen molar-refractivity contribution >= 4 is 32.9 Å². The molecule has 1 aliphatic heterocycles. The standard InChI is InChI=1S/C37H39N3/c1-25-9-14-35(26(2)19-25)40-17-15-39(16-18-40)31-21-30(23-38-24-31)29-20-28-11-12-33-32-8-6-5-7-27(32)10-13-34(33)36(28)37(3,4)22-29/h5-14,19,21,23-24,29H,15-18,20,22H2,1-4H3. The number of aryl methyl sites for hydroxylation is 2. The lowest BCUT2D eigenvalue weighted by Gasteiger charge is -2.40. The zero-order valence-corrected chi connectivity index (χ0v) is 24.2. The highest BCUT2D eigenvalue weighted by Crippen LogP contribution is 2.47. The number of piperazine rings is 1. The van der Waals surface area contributed by atoms with Gasteiger partial charge in [-0.2, -0.15) is 0 Å². The summed E-state index contributed by atoms with van der Waals surface area (Å²) in [7, 11) is 0. The molecule has 7 rings (SSSR count). The van der Waals surface area contributed by atoms with Crippen LogP contribution in [0.5, 0.6) is 0 Å². The molecule has 0 spiro atoms. The molecule has 0 N–H and O–H groups in total. The van der Waals surface area contributed by atoms with Crippen LogP contribution in [0.2, 0.25) is 0 Å². The van der Waals surface area contributed by atoms with Crippen LogP contribution in [0.3, 0.4) is 0 Å². The Morgan fingerprint density at radius 1 is 0.750 bits per heavy atom. The molecule has 5 aromatic rings. The van der Waals surface area contributed by atoms with Crippen LogP contribution in [0, 0.1) is 13.8 Å². The summed E-state index contributed by atoms with van der Waals surface area (Å²) >= 11 is 0. The molecular formula is C37H39N3. The fraction of sp³-hybridized carbons (Fsp3) is 0.324. The summed E-state index contributed by atoms with van der Waals surface area (Å²) in [6, 6.07) is 27.4. The van der Waals surface area contributed by atoms with E-state index in [-0.39, 0.29) is 5.41 Å². The van der Waals surface area contributed by atoms with E-state index in [0.29, 0.717) is 5.92 Å². The number of hydrogen-bond acceptors (Lipinski definition) is 3. The number of rotatable bonds is 3. The van der Waals surface area contributed by atoms with Gasteiger partial charge in [0, 0.05) is 38.1 Å². The van der Waals surface area contributed by atoms with E-state index in [1.54, 1.807) is 5.56 Å². The lowest BCUT2D eigenvalue weighted by Crippen LogP contribution is -2.46. The Balaban J connectivity index is 1.14. The summed E-state index contributed by atoms with van der Waals surface area (Å²) in [5.41, 5.74) is 9.86. The molecule has 1 unspecified atom stereocenters. The average molecular weight is 526 g/mol. The zero-order valence-electron chi connectivity index (χ0n) is 24.2. The lowest BCUT2D eigenvalue weighted by atomic mass is 9.65. The Labute approximate surface area is 238 Å². The largest absolute Gasteiger partial charge is 0.368 e. The Kier molecular flexibility index (Phi) is 6.07. The van der Waals surface area contributed by atoms with Crippen molar-refractivity contribution < 1.29 is 0 Å². The maximum absolute atomic E-state index is 4.77. The Morgan fingerprint density at radius 2 is 1.52 bits per heavy atom. The maximum atomic E-state index is 4.77. The molecule has 0 bridgehead atoms. The second-order valence-corrected chi connectivity index (χ2v) is 12.7. The van der Waals surface area contributed by atoms with Gasteiger partial charge in [0.15, 0.2) is 0 Å². The highest BCUT2D eigenvalue weighted by Gasteiger charge is 2.35. The smallest absolute Gasteiger partial charge is 0.0556 e. The summed E-state index contributed by atoms with van der Waals surface area (Å²) in [6.07, 6.45) is 6.40. The van der Waals surface area contributed by atoms with E-state index in [0.717, 1.165) is 39.0 Å². The van der Waals surface area contributed by atoms with Crippen LogP contribution in [0.4, 0.5) is 11.4 Å². The number of fused-ring (bicyclic) bond motifs is 5. The van der Waals surface area contributed by atoms with Gasteiger partial charge in [0.2, 0.25) is 0 Å². The van der Waals surface area contributed by atoms with Gasteiger partial charge in [-0.3, -0.25) is 4.98 Å². The molecule has 3 nitrogen and oxygen atoms in total. The summed E-state index contributed by atoms with van der Waals surface area (Å²) in [4.78, 5) is 9.83. The van der Waals surface area contributed by atoms with Gasteiger partial charge in [0.1, 0.15) is 0 Å². The quantitative estimate of drug-likeness (QED) is 0.221. The van der Waals surface area contributed by atoms with E-state index >= 15 is 0 Å². The van der Waals surface area contributed by atoms with Crippen LogP contribution in [-0.2, 0) is 11.8 Å². The monoisotopic (exact) mass is 525 g/mol. The van der Waals surface area contributed by atoms with E-state index in [1.165, 1.54) is 55.2 Å². The van der Waals surface area contributed by atoms with Crippen molar-refractivity contribution in [3.8, 4) is 0 Å². The molecule has 0 saturated carbocycles. The fourth-order valence-electron chi connectivity index (χ4n) is 7.60. The Morgan fingerprint density at radius 3 is 2.35 bits per heavy atom. The average Bonchev–Trinajstić information content (AvgIpc) is 2.96. The van der Waals surface area contributed by atoms with Gasteiger partial charge >= 0.3 is 0 Å². The minimum absolute atomic E-state index is 0.0910. The number of pyridine rings is 1. The highest BCUT2D eigenvalue weighted by atomic mass is 15.3. The molecule has 40 heavy (non-hydrogen) atoms. The van der Waals surface area contributed by atoms with Gasteiger partial charge in [0.25, 0.3) is 0 Å². The van der Waals surface area contributed by atoms with E-state index < -0.39 is 0 Å². The summed E-state index contributed by atoms with van der Waals surface area (Å²) in [5, 5.41) is 5.48. The molecular weight excluding hydrogens is 486 g/mol. The molecule has 1 aromatic heterocycles. The predicted molar refractivity (Wildman–Crippen MR) is 170 cm³/mol. The van der Waals surface area contributed by atoms with Crippen molar-refractivity contribution in [2.45, 2.75) is 51.9 Å². The zero-order chi connectivity index (χ0) is 27.4. The van der Waals surface area contributed by atoms with Crippen LogP contribution >= 0.6 is 0 Å². The van der Waals surface area contributed by atoms with Crippen molar-refractivity contribution in [3.05, 3.63) is 113 Å². The normalized spacial score (nSPS) is 18.8. The van der Waals surface area contributed by atoms with Gasteiger partial charge < -0.3 is 9.80 Å². The first-order valence-corrected chi connectivity index (χ1v) is 14.8. The molecule has 1 saturated heterocycles. The van der Waals surface area contributed by atoms with E-state index in [9.17, 15) is 0 Å². The molecule has 2 aliphatic rings. The van der Waals surface area contributed by atoms with Crippen molar-refractivity contribution in [1.29, 1.82) is 0 Å². The predicted octanol–water partition coefficient (Wildman–Crippen LogP) is 8.34. The molecule has 1 fully saturated rings. The molecule has 3 heteroatoms. The summed E-state index contributed by atoms with van der Waals surface area (Å²) < 4.78 is 0. The van der Waals surface area contributed by atoms with Gasteiger partial charge in [-0.15, -0.1) is 0 Å². The van der Waals surface area contributed by atoms with Crippen LogP contribution in [-0.4, -0.2) is 31.2 Å². The first-order chi connectivity index (χ1) is 19.4. The first kappa shape index (κ1) is 25.1. The van der Waals surface area contributed by atoms with Crippen molar-refractivity contribution in [1.82, 2.24) is 4.98 Å². The van der Waals surface area contributed by atoms with Crippen LogP contribution in [0.25, 0.3) is 21.5 Å². The third-order valence-electron chi connectivity index (χ3n) is 9.47. The first-order valence-electron chi connectivity index (χ1n) is 14.8. The SMILES string of the molecule is Cc1ccc(N2CCN(c3cncc(C4Cc5ccc6c(ccc7ccccc76)c5C(C)(C)C4)c3)CC2)c(C)c1. The topological polar surface area (TPSA) is 19.4 Å². The minimum atomic E-state index is 0.0910. The summed E-state index contributed by atoms with van der Waals surface area (Å²) in [6.45, 7) is 13.4. The van der Waals surface area contributed by atoms with Crippen molar-refractivity contribution in [2.75, 3.05) is 36.0 Å². The molecule has 1 atom stereocenters. The molecule has 4 aromatic carbocycles. The number of anilines is 2. The van der Waals surface area contributed by atoms with E-state index in [2.05, 4.69) is 123 Å². The number of aromatic nitrogens is 1. The lowest BCUT2D eigenvalue weighted by molar-refractivity contribution is 0.394. The molecule has 202 valence electrons. The summed E-state index contributed by atoms with van der Waals surface area (Å²) in [5.74, 6) is 0.476. The number of benzene rings is 4.